The summed E-state index contributed by atoms with van der Waals surface area (Å²) in [7, 11) is 1.98. The highest BCUT2D eigenvalue weighted by atomic mass is 16.5. The Bertz CT molecular complexity index is 370. The van der Waals surface area contributed by atoms with Gasteiger partial charge in [-0.2, -0.15) is 0 Å². The zero-order valence-corrected chi connectivity index (χ0v) is 11.2. The molecule has 4 heteroatoms. The first-order valence-corrected chi connectivity index (χ1v) is 6.72. The third kappa shape index (κ3) is 3.22. The molecule has 1 aromatic rings. The summed E-state index contributed by atoms with van der Waals surface area (Å²) in [4.78, 5) is 0. The molecule has 100 valence electrons. The fourth-order valence-corrected chi connectivity index (χ4v) is 2.32. The number of ether oxygens (including phenoxy) is 1. The Kier molecular flexibility index (Phi) is 4.99. The fraction of sp³-hybridized carbons (Fsp3) is 0.571. The van der Waals surface area contributed by atoms with Crippen LogP contribution in [0.2, 0.25) is 0 Å². The molecule has 0 bridgehead atoms. The molecular formula is C14H23N3O. The third-order valence-corrected chi connectivity index (χ3v) is 3.19. The maximum Gasteiger partial charge on any atom is 0.124 e. The van der Waals surface area contributed by atoms with E-state index >= 15 is 0 Å². The van der Waals surface area contributed by atoms with Crippen LogP contribution in [0.25, 0.3) is 0 Å². The quantitative estimate of drug-likeness (QED) is 0.716. The smallest absolute Gasteiger partial charge is 0.124 e. The van der Waals surface area contributed by atoms with Crippen LogP contribution in [0, 0.1) is 0 Å². The fourth-order valence-electron chi connectivity index (χ4n) is 2.32. The SMILES string of the molecule is CCCOc1ccccc1C1CC(CNC)NN1. The average Bonchev–Trinajstić information content (AvgIpc) is 2.86. The van der Waals surface area contributed by atoms with Gasteiger partial charge in [-0.1, -0.05) is 25.1 Å². The lowest BCUT2D eigenvalue weighted by Crippen LogP contribution is -2.36. The predicted molar refractivity (Wildman–Crippen MR) is 73.6 cm³/mol. The van der Waals surface area contributed by atoms with E-state index in [1.165, 1.54) is 5.56 Å². The Hall–Kier alpha value is -1.10. The summed E-state index contributed by atoms with van der Waals surface area (Å²) in [6.07, 6.45) is 2.11. The number of likely N-dealkylation sites (N-methyl/N-ethyl adjacent to an activating group) is 1. The van der Waals surface area contributed by atoms with E-state index in [4.69, 9.17) is 4.74 Å². The summed E-state index contributed by atoms with van der Waals surface area (Å²) in [5.74, 6) is 1.00. The van der Waals surface area contributed by atoms with Crippen molar-refractivity contribution >= 4 is 0 Å². The molecule has 2 atom stereocenters. The van der Waals surface area contributed by atoms with Crippen molar-refractivity contribution in [2.45, 2.75) is 31.8 Å². The normalized spacial score (nSPS) is 23.2. The monoisotopic (exact) mass is 249 g/mol. The molecule has 18 heavy (non-hydrogen) atoms. The third-order valence-electron chi connectivity index (χ3n) is 3.19. The molecule has 0 aliphatic carbocycles. The number of rotatable bonds is 6. The standard InChI is InChI=1S/C14H23N3O/c1-3-8-18-14-7-5-4-6-12(14)13-9-11(10-15-2)16-17-13/h4-7,11,13,15-17H,3,8-10H2,1-2H3. The molecule has 0 amide bonds. The van der Waals surface area contributed by atoms with Crippen LogP contribution in [0.5, 0.6) is 5.75 Å². The highest BCUT2D eigenvalue weighted by Gasteiger charge is 2.26. The van der Waals surface area contributed by atoms with Gasteiger partial charge in [0.2, 0.25) is 0 Å². The highest BCUT2D eigenvalue weighted by molar-refractivity contribution is 5.36. The van der Waals surface area contributed by atoms with Crippen molar-refractivity contribution < 1.29 is 4.74 Å². The van der Waals surface area contributed by atoms with Crippen molar-refractivity contribution in [3.8, 4) is 5.75 Å². The van der Waals surface area contributed by atoms with Gasteiger partial charge in [-0.15, -0.1) is 0 Å². The first kappa shape index (κ1) is 13.3. The Morgan fingerprint density at radius 1 is 1.33 bits per heavy atom. The molecule has 1 aliphatic rings. The minimum absolute atomic E-state index is 0.330. The van der Waals surface area contributed by atoms with Crippen LogP contribution in [0.15, 0.2) is 24.3 Å². The lowest BCUT2D eigenvalue weighted by Gasteiger charge is -2.15. The number of hydrazine groups is 1. The Morgan fingerprint density at radius 2 is 2.17 bits per heavy atom. The van der Waals surface area contributed by atoms with Crippen molar-refractivity contribution in [1.29, 1.82) is 0 Å². The minimum atomic E-state index is 0.330. The molecule has 1 heterocycles. The van der Waals surface area contributed by atoms with Crippen LogP contribution < -0.4 is 20.9 Å². The molecule has 0 saturated carbocycles. The first-order chi connectivity index (χ1) is 8.85. The molecule has 1 aliphatic heterocycles. The van der Waals surface area contributed by atoms with E-state index in [1.54, 1.807) is 0 Å². The maximum atomic E-state index is 5.81. The summed E-state index contributed by atoms with van der Waals surface area (Å²) >= 11 is 0. The summed E-state index contributed by atoms with van der Waals surface area (Å²) in [6, 6.07) is 9.10. The number of hydrogen-bond donors (Lipinski definition) is 3. The zero-order valence-electron chi connectivity index (χ0n) is 11.2. The molecule has 0 radical (unpaired) electrons. The molecule has 1 saturated heterocycles. The molecule has 0 aromatic heterocycles. The number of para-hydroxylation sites is 1. The van der Waals surface area contributed by atoms with Gasteiger partial charge in [0.05, 0.1) is 12.6 Å². The average molecular weight is 249 g/mol. The molecule has 2 unspecified atom stereocenters. The van der Waals surface area contributed by atoms with Gasteiger partial charge in [0.15, 0.2) is 0 Å². The van der Waals surface area contributed by atoms with Gasteiger partial charge in [-0.25, -0.2) is 5.43 Å². The van der Waals surface area contributed by atoms with Gasteiger partial charge in [0.25, 0.3) is 0 Å². The van der Waals surface area contributed by atoms with Crippen molar-refractivity contribution in [3.63, 3.8) is 0 Å². The van der Waals surface area contributed by atoms with Crippen LogP contribution in [-0.4, -0.2) is 26.2 Å². The summed E-state index contributed by atoms with van der Waals surface area (Å²) in [5.41, 5.74) is 7.92. The second-order valence-electron chi connectivity index (χ2n) is 4.72. The predicted octanol–water partition coefficient (Wildman–Crippen LogP) is 1.60. The van der Waals surface area contributed by atoms with Crippen molar-refractivity contribution in [1.82, 2.24) is 16.2 Å². The van der Waals surface area contributed by atoms with E-state index in [0.29, 0.717) is 12.1 Å². The second-order valence-corrected chi connectivity index (χ2v) is 4.72. The van der Waals surface area contributed by atoms with Crippen LogP contribution in [0.4, 0.5) is 0 Å². The number of nitrogens with one attached hydrogen (secondary N) is 3. The Morgan fingerprint density at radius 3 is 2.94 bits per heavy atom. The van der Waals surface area contributed by atoms with Gasteiger partial charge in [0, 0.05) is 18.2 Å². The van der Waals surface area contributed by atoms with Gasteiger partial charge in [0.1, 0.15) is 5.75 Å². The van der Waals surface area contributed by atoms with E-state index in [1.807, 2.05) is 13.1 Å². The second kappa shape index (κ2) is 6.73. The van der Waals surface area contributed by atoms with E-state index < -0.39 is 0 Å². The lowest BCUT2D eigenvalue weighted by atomic mass is 10.0. The number of benzene rings is 1. The summed E-state index contributed by atoms with van der Waals surface area (Å²) in [5, 5.41) is 3.20. The Labute approximate surface area is 109 Å². The van der Waals surface area contributed by atoms with Crippen molar-refractivity contribution in [3.05, 3.63) is 29.8 Å². The van der Waals surface area contributed by atoms with E-state index in [2.05, 4.69) is 41.3 Å². The highest BCUT2D eigenvalue weighted by Crippen LogP contribution is 2.30. The van der Waals surface area contributed by atoms with E-state index in [0.717, 1.165) is 31.7 Å². The number of hydrogen-bond acceptors (Lipinski definition) is 4. The summed E-state index contributed by atoms with van der Waals surface area (Å²) < 4.78 is 5.81. The van der Waals surface area contributed by atoms with Gasteiger partial charge in [-0.3, -0.25) is 5.43 Å². The van der Waals surface area contributed by atoms with Crippen LogP contribution in [0.1, 0.15) is 31.4 Å². The van der Waals surface area contributed by atoms with Crippen LogP contribution in [0.3, 0.4) is 0 Å². The topological polar surface area (TPSA) is 45.3 Å². The van der Waals surface area contributed by atoms with Gasteiger partial charge < -0.3 is 10.1 Å². The molecule has 3 N–H and O–H groups in total. The van der Waals surface area contributed by atoms with Crippen LogP contribution >= 0.6 is 0 Å². The van der Waals surface area contributed by atoms with Crippen molar-refractivity contribution in [2.24, 2.45) is 0 Å². The minimum Gasteiger partial charge on any atom is -0.493 e. The van der Waals surface area contributed by atoms with Gasteiger partial charge in [-0.05, 0) is 26.0 Å². The summed E-state index contributed by atoms with van der Waals surface area (Å²) in [6.45, 7) is 3.87. The van der Waals surface area contributed by atoms with E-state index in [-0.39, 0.29) is 0 Å². The first-order valence-electron chi connectivity index (χ1n) is 6.72. The molecule has 2 rings (SSSR count). The van der Waals surface area contributed by atoms with Gasteiger partial charge >= 0.3 is 0 Å². The molecule has 0 spiro atoms. The van der Waals surface area contributed by atoms with Crippen LogP contribution in [-0.2, 0) is 0 Å². The molecule has 1 aromatic carbocycles. The van der Waals surface area contributed by atoms with E-state index in [9.17, 15) is 0 Å². The largest absolute Gasteiger partial charge is 0.493 e. The molecule has 4 nitrogen and oxygen atoms in total. The Balaban J connectivity index is 2.04. The van der Waals surface area contributed by atoms with Crippen molar-refractivity contribution in [2.75, 3.05) is 20.2 Å². The molecule has 1 fully saturated rings. The maximum absolute atomic E-state index is 5.81. The zero-order chi connectivity index (χ0) is 12.8. The lowest BCUT2D eigenvalue weighted by molar-refractivity contribution is 0.311. The molecular weight excluding hydrogens is 226 g/mol.